The van der Waals surface area contributed by atoms with Crippen molar-refractivity contribution in [2.75, 3.05) is 13.7 Å². The fourth-order valence-corrected chi connectivity index (χ4v) is 6.36. The second-order valence-electron chi connectivity index (χ2n) is 9.19. The van der Waals surface area contributed by atoms with Gasteiger partial charge in [0.25, 0.3) is 5.91 Å². The van der Waals surface area contributed by atoms with Crippen LogP contribution in [0, 0.1) is 0 Å². The number of carbonyl (C=O) groups excluding carboxylic acids is 2. The fourth-order valence-electron chi connectivity index (χ4n) is 4.85. The fraction of sp³-hybridized carbons (Fsp3) is 0.417. The van der Waals surface area contributed by atoms with E-state index in [1.165, 1.54) is 11.3 Å². The Balaban J connectivity index is 1.33. The number of nitrogens with zero attached hydrogens (tertiary/aromatic N) is 1. The summed E-state index contributed by atoms with van der Waals surface area (Å²) in [5, 5.41) is 3.62. The highest BCUT2D eigenvalue weighted by Gasteiger charge is 2.43. The van der Waals surface area contributed by atoms with Crippen LogP contribution in [0.1, 0.15) is 36.7 Å². The number of nitrogens with one attached hydrogen (secondary N) is 2. The number of benzene rings is 1. The summed E-state index contributed by atoms with van der Waals surface area (Å²) in [5.74, 6) is -1.09. The molecule has 2 aliphatic rings. The molecule has 0 radical (unpaired) electrons. The molecule has 2 aromatic heterocycles. The molecule has 0 spiro atoms. The number of halogens is 2. The lowest BCUT2D eigenvalue weighted by Gasteiger charge is -2.32. The lowest BCUT2D eigenvalue weighted by atomic mass is 10.0. The number of aromatic nitrogens is 1. The summed E-state index contributed by atoms with van der Waals surface area (Å²) >= 11 is 13.7. The molecule has 0 unspecified atom stereocenters. The molecule has 7 nitrogen and oxygen atoms in total. The van der Waals surface area contributed by atoms with E-state index in [1.54, 1.807) is 25.8 Å². The number of fused-ring (bicyclic) bond motifs is 2. The number of rotatable bonds is 5. The van der Waals surface area contributed by atoms with Crippen LogP contribution in [-0.2, 0) is 31.9 Å². The zero-order valence-electron chi connectivity index (χ0n) is 19.0. The van der Waals surface area contributed by atoms with Crippen LogP contribution in [0.2, 0.25) is 9.36 Å². The van der Waals surface area contributed by atoms with Gasteiger partial charge in [-0.05, 0) is 37.5 Å². The lowest BCUT2D eigenvalue weighted by molar-refractivity contribution is -0.161. The molecule has 1 aromatic carbocycles. The molecule has 1 aliphatic carbocycles. The molecule has 0 bridgehead atoms. The van der Waals surface area contributed by atoms with Gasteiger partial charge in [0.05, 0.1) is 40.4 Å². The summed E-state index contributed by atoms with van der Waals surface area (Å²) in [6.45, 7) is 3.79. The molecule has 2 amide bonds. The molecule has 2 N–H and O–H groups in total. The highest BCUT2D eigenvalue weighted by molar-refractivity contribution is 7.23. The molecule has 34 heavy (non-hydrogen) atoms. The van der Waals surface area contributed by atoms with Gasteiger partial charge in [0.2, 0.25) is 5.91 Å². The molecule has 1 aliphatic heterocycles. The second kappa shape index (κ2) is 8.84. The summed E-state index contributed by atoms with van der Waals surface area (Å²) < 4.78 is 12.8. The number of amides is 2. The summed E-state index contributed by atoms with van der Waals surface area (Å²) in [4.78, 5) is 31.1. The molecule has 1 saturated heterocycles. The number of H-pyrrole nitrogens is 1. The van der Waals surface area contributed by atoms with Crippen molar-refractivity contribution in [3.8, 4) is 0 Å². The van der Waals surface area contributed by atoms with Gasteiger partial charge >= 0.3 is 0 Å². The standard InChI is InChI=1S/C24H25Cl2N3O4S/c1-24(2)32-11-16(33-24)23(31)29(3)21-14-7-5-4-6-12(14)8-15(21)28-18(30)10-13-9-17-20(27-13)19(25)22(26)34-17/h4-7,9,15-16,21,27H,8,10-11H2,1-3H3,(H,28,30)/t15-,16-,21-/m1/s1. The Morgan fingerprint density at radius 2 is 2.06 bits per heavy atom. The van der Waals surface area contributed by atoms with E-state index in [0.717, 1.165) is 27.0 Å². The Morgan fingerprint density at radius 1 is 1.29 bits per heavy atom. The number of ether oxygens (including phenoxy) is 2. The molecule has 0 saturated carbocycles. The SMILES string of the molecule is CN(C(=O)[C@H]1COC(C)(C)O1)[C@@H]1c2ccccc2C[C@H]1NC(=O)Cc1cc2sc(Cl)c(Cl)c2[nH]1. The Bertz CT molecular complexity index is 1270. The maximum absolute atomic E-state index is 13.3. The summed E-state index contributed by atoms with van der Waals surface area (Å²) in [6.07, 6.45) is 0.131. The van der Waals surface area contributed by atoms with E-state index < -0.39 is 11.9 Å². The van der Waals surface area contributed by atoms with Gasteiger partial charge < -0.3 is 24.7 Å². The molecular weight excluding hydrogens is 497 g/mol. The van der Waals surface area contributed by atoms with E-state index in [-0.39, 0.29) is 36.9 Å². The van der Waals surface area contributed by atoms with Crippen LogP contribution in [0.4, 0.5) is 0 Å². The first-order valence-electron chi connectivity index (χ1n) is 11.0. The monoisotopic (exact) mass is 521 g/mol. The largest absolute Gasteiger partial charge is 0.356 e. The van der Waals surface area contributed by atoms with Gasteiger partial charge in [-0.2, -0.15) is 0 Å². The van der Waals surface area contributed by atoms with Gasteiger partial charge in [-0.3, -0.25) is 9.59 Å². The number of aromatic amines is 1. The zero-order chi connectivity index (χ0) is 24.2. The van der Waals surface area contributed by atoms with E-state index in [1.807, 2.05) is 30.3 Å². The van der Waals surface area contributed by atoms with Crippen LogP contribution >= 0.6 is 34.5 Å². The number of likely N-dealkylation sites (N-methyl/N-ethyl adjacent to an activating group) is 1. The van der Waals surface area contributed by atoms with Crippen molar-refractivity contribution >= 4 is 56.6 Å². The number of hydrogen-bond acceptors (Lipinski definition) is 5. The van der Waals surface area contributed by atoms with E-state index >= 15 is 0 Å². The van der Waals surface area contributed by atoms with Crippen molar-refractivity contribution in [3.63, 3.8) is 0 Å². The maximum Gasteiger partial charge on any atom is 0.254 e. The topological polar surface area (TPSA) is 83.7 Å². The van der Waals surface area contributed by atoms with Crippen LogP contribution in [0.15, 0.2) is 30.3 Å². The van der Waals surface area contributed by atoms with Crippen molar-refractivity contribution < 1.29 is 19.1 Å². The third-order valence-electron chi connectivity index (χ3n) is 6.37. The third-order valence-corrected chi connectivity index (χ3v) is 8.30. The van der Waals surface area contributed by atoms with Crippen molar-refractivity contribution in [1.29, 1.82) is 0 Å². The van der Waals surface area contributed by atoms with Gasteiger partial charge in [0, 0.05) is 12.7 Å². The highest BCUT2D eigenvalue weighted by atomic mass is 35.5. The van der Waals surface area contributed by atoms with Crippen molar-refractivity contribution in [1.82, 2.24) is 15.2 Å². The maximum atomic E-state index is 13.3. The predicted molar refractivity (Wildman–Crippen MR) is 132 cm³/mol. The van der Waals surface area contributed by atoms with Gasteiger partial charge in [0.15, 0.2) is 11.9 Å². The van der Waals surface area contributed by atoms with Crippen molar-refractivity contribution in [2.45, 2.75) is 50.7 Å². The van der Waals surface area contributed by atoms with Crippen LogP contribution in [0.3, 0.4) is 0 Å². The van der Waals surface area contributed by atoms with Gasteiger partial charge in [0.1, 0.15) is 4.34 Å². The van der Waals surface area contributed by atoms with Gasteiger partial charge in [-0.15, -0.1) is 11.3 Å². The van der Waals surface area contributed by atoms with Crippen LogP contribution in [-0.4, -0.2) is 53.3 Å². The van der Waals surface area contributed by atoms with Crippen molar-refractivity contribution in [2.24, 2.45) is 0 Å². The number of thiophene rings is 1. The third kappa shape index (κ3) is 4.33. The first-order chi connectivity index (χ1) is 16.1. The minimum Gasteiger partial charge on any atom is -0.356 e. The molecule has 180 valence electrons. The lowest BCUT2D eigenvalue weighted by Crippen LogP contribution is -2.48. The molecule has 5 rings (SSSR count). The average Bonchev–Trinajstić information content (AvgIpc) is 3.50. The molecule has 1 fully saturated rings. The minimum absolute atomic E-state index is 0.138. The van der Waals surface area contributed by atoms with E-state index in [2.05, 4.69) is 10.3 Å². The van der Waals surface area contributed by atoms with Crippen LogP contribution < -0.4 is 5.32 Å². The van der Waals surface area contributed by atoms with Gasteiger partial charge in [-0.1, -0.05) is 47.5 Å². The van der Waals surface area contributed by atoms with E-state index in [0.29, 0.717) is 15.8 Å². The summed E-state index contributed by atoms with van der Waals surface area (Å²) in [6, 6.07) is 9.30. The summed E-state index contributed by atoms with van der Waals surface area (Å²) in [7, 11) is 1.76. The van der Waals surface area contributed by atoms with Crippen LogP contribution in [0.25, 0.3) is 10.2 Å². The quantitative estimate of drug-likeness (QED) is 0.518. The Labute approximate surface area is 211 Å². The Morgan fingerprint density at radius 3 is 2.76 bits per heavy atom. The molecular formula is C24H25Cl2N3O4S. The molecule has 3 atom stereocenters. The summed E-state index contributed by atoms with van der Waals surface area (Å²) in [5.41, 5.74) is 3.65. The smallest absolute Gasteiger partial charge is 0.254 e. The van der Waals surface area contributed by atoms with E-state index in [4.69, 9.17) is 32.7 Å². The average molecular weight is 522 g/mol. The normalized spacial score (nSPS) is 23.3. The predicted octanol–water partition coefficient (Wildman–Crippen LogP) is 4.47. The van der Waals surface area contributed by atoms with E-state index in [9.17, 15) is 9.59 Å². The Kier molecular flexibility index (Phi) is 6.14. The highest BCUT2D eigenvalue weighted by Crippen LogP contribution is 2.39. The molecule has 10 heteroatoms. The Hall–Kier alpha value is -2.10. The first-order valence-corrected chi connectivity index (χ1v) is 12.6. The zero-order valence-corrected chi connectivity index (χ0v) is 21.3. The minimum atomic E-state index is -0.792. The first kappa shape index (κ1) is 23.6. The van der Waals surface area contributed by atoms with Gasteiger partial charge in [-0.25, -0.2) is 0 Å². The second-order valence-corrected chi connectivity index (χ2v) is 11.2. The van der Waals surface area contributed by atoms with Crippen LogP contribution in [0.5, 0.6) is 0 Å². The molecule has 3 aromatic rings. The molecule has 3 heterocycles. The van der Waals surface area contributed by atoms with Crippen molar-refractivity contribution in [3.05, 3.63) is 56.5 Å². The number of hydrogen-bond donors (Lipinski definition) is 2. The number of carbonyl (C=O) groups is 2.